The Morgan fingerprint density at radius 1 is 0.439 bits per heavy atom. The van der Waals surface area contributed by atoms with E-state index in [1.54, 1.807) is 0 Å². The van der Waals surface area contributed by atoms with Crippen LogP contribution in [-0.2, 0) is 5.41 Å². The van der Waals surface area contributed by atoms with E-state index >= 15 is 0 Å². The maximum absolute atomic E-state index is 3.56. The fourth-order valence-corrected chi connectivity index (χ4v) is 6.44. The molecule has 1 aliphatic rings. The Morgan fingerprint density at radius 3 is 1.76 bits per heavy atom. The summed E-state index contributed by atoms with van der Waals surface area (Å²) in [5.74, 6) is 0. The lowest BCUT2D eigenvalue weighted by Crippen LogP contribution is -2.16. The molecule has 0 aromatic heterocycles. The lowest BCUT2D eigenvalue weighted by Gasteiger charge is -2.28. The Balaban J connectivity index is 1.36. The average Bonchev–Trinajstić information content (AvgIpc) is 3.25. The summed E-state index contributed by atoms with van der Waals surface area (Å²) in [7, 11) is 0. The van der Waals surface area contributed by atoms with Crippen LogP contribution in [0.15, 0.2) is 150 Å². The van der Waals surface area contributed by atoms with Crippen molar-refractivity contribution >= 4 is 33.0 Å². The maximum atomic E-state index is 3.56. The molecule has 0 fully saturated rings. The fraction of sp³-hybridized carbons (Fsp3) is 0.0769. The van der Waals surface area contributed by atoms with Gasteiger partial charge < -0.3 is 4.90 Å². The Hall–Kier alpha value is -4.40. The molecule has 6 aromatic rings. The molecule has 1 nitrogen and oxygen atoms in total. The van der Waals surface area contributed by atoms with Gasteiger partial charge in [0.2, 0.25) is 0 Å². The number of halogens is 1. The highest BCUT2D eigenvalue weighted by atomic mass is 79.9. The topological polar surface area (TPSA) is 3.24 Å². The Morgan fingerprint density at radius 2 is 1.00 bits per heavy atom. The second kappa shape index (κ2) is 10.2. The summed E-state index contributed by atoms with van der Waals surface area (Å²) in [5.41, 5.74) is 13.6. The quantitative estimate of drug-likeness (QED) is 0.193. The second-order valence-electron chi connectivity index (χ2n) is 11.2. The van der Waals surface area contributed by atoms with Gasteiger partial charge in [-0.1, -0.05) is 127 Å². The molecule has 0 bridgehead atoms. The summed E-state index contributed by atoms with van der Waals surface area (Å²) >= 11 is 3.56. The van der Waals surface area contributed by atoms with Gasteiger partial charge in [-0.15, -0.1) is 0 Å². The zero-order valence-electron chi connectivity index (χ0n) is 23.2. The van der Waals surface area contributed by atoms with E-state index in [9.17, 15) is 0 Å². The van der Waals surface area contributed by atoms with Crippen molar-refractivity contribution in [2.24, 2.45) is 0 Å². The van der Waals surface area contributed by atoms with Crippen LogP contribution in [0.3, 0.4) is 0 Å². The SMILES string of the molecule is CC1(C)c2ccccc2-c2ccc(N(c3ccc(-c4ccc(Br)cc4)cc3)c3cccc(-c4ccccc4)c3)cc21. The van der Waals surface area contributed by atoms with Crippen LogP contribution in [0.1, 0.15) is 25.0 Å². The molecule has 0 saturated heterocycles. The molecule has 7 rings (SSSR count). The molecular formula is C39H30BrN. The van der Waals surface area contributed by atoms with Crippen molar-refractivity contribution in [3.05, 3.63) is 161 Å². The van der Waals surface area contributed by atoms with Crippen LogP contribution < -0.4 is 4.90 Å². The number of rotatable bonds is 5. The van der Waals surface area contributed by atoms with Gasteiger partial charge in [-0.2, -0.15) is 0 Å². The van der Waals surface area contributed by atoms with E-state index in [1.165, 1.54) is 44.5 Å². The molecule has 0 saturated carbocycles. The minimum atomic E-state index is -0.0645. The van der Waals surface area contributed by atoms with E-state index in [0.29, 0.717) is 0 Å². The van der Waals surface area contributed by atoms with Crippen molar-refractivity contribution < 1.29 is 0 Å². The molecule has 1 aliphatic carbocycles. The van der Waals surface area contributed by atoms with Gasteiger partial charge in [-0.25, -0.2) is 0 Å². The first-order valence-electron chi connectivity index (χ1n) is 14.0. The van der Waals surface area contributed by atoms with Crippen LogP contribution in [0.2, 0.25) is 0 Å². The molecule has 6 aromatic carbocycles. The van der Waals surface area contributed by atoms with Crippen LogP contribution in [0, 0.1) is 0 Å². The molecule has 0 unspecified atom stereocenters. The Kier molecular flexibility index (Phi) is 6.37. The molecule has 0 amide bonds. The van der Waals surface area contributed by atoms with E-state index in [2.05, 4.69) is 180 Å². The third-order valence-electron chi connectivity index (χ3n) is 8.34. The highest BCUT2D eigenvalue weighted by Gasteiger charge is 2.35. The van der Waals surface area contributed by atoms with Gasteiger partial charge in [-0.05, 0) is 93.0 Å². The summed E-state index contributed by atoms with van der Waals surface area (Å²) in [4.78, 5) is 2.39. The maximum Gasteiger partial charge on any atom is 0.0467 e. The highest BCUT2D eigenvalue weighted by Crippen LogP contribution is 2.50. The average molecular weight is 593 g/mol. The molecule has 2 heteroatoms. The van der Waals surface area contributed by atoms with Crippen molar-refractivity contribution in [1.29, 1.82) is 0 Å². The highest BCUT2D eigenvalue weighted by molar-refractivity contribution is 9.10. The predicted octanol–water partition coefficient (Wildman–Crippen LogP) is 11.6. The first kappa shape index (κ1) is 25.6. The van der Waals surface area contributed by atoms with Crippen molar-refractivity contribution in [2.75, 3.05) is 4.90 Å². The number of hydrogen-bond acceptors (Lipinski definition) is 1. The van der Waals surface area contributed by atoms with Gasteiger partial charge in [0.25, 0.3) is 0 Å². The standard InChI is InChI=1S/C39H30BrN/c1-39(2)37-14-7-6-13-35(37)36-24-23-34(26-38(36)39)41(33-12-8-11-30(25-33)27-9-4-3-5-10-27)32-21-17-29(18-22-32)28-15-19-31(40)20-16-28/h3-26H,1-2H3. The zero-order chi connectivity index (χ0) is 28.0. The van der Waals surface area contributed by atoms with Crippen molar-refractivity contribution in [2.45, 2.75) is 19.3 Å². The largest absolute Gasteiger partial charge is 0.310 e. The molecule has 0 radical (unpaired) electrons. The summed E-state index contributed by atoms with van der Waals surface area (Å²) in [6, 6.07) is 52.7. The van der Waals surface area contributed by atoms with Gasteiger partial charge in [-0.3, -0.25) is 0 Å². The smallest absolute Gasteiger partial charge is 0.0467 e. The minimum absolute atomic E-state index is 0.0645. The number of anilines is 3. The lowest BCUT2D eigenvalue weighted by molar-refractivity contribution is 0.660. The molecule has 0 spiro atoms. The summed E-state index contributed by atoms with van der Waals surface area (Å²) < 4.78 is 1.09. The van der Waals surface area contributed by atoms with E-state index in [-0.39, 0.29) is 5.41 Å². The molecule has 41 heavy (non-hydrogen) atoms. The van der Waals surface area contributed by atoms with Crippen LogP contribution in [0.4, 0.5) is 17.1 Å². The van der Waals surface area contributed by atoms with E-state index in [0.717, 1.165) is 21.5 Å². The van der Waals surface area contributed by atoms with Gasteiger partial charge in [0.05, 0.1) is 0 Å². The molecule has 0 aliphatic heterocycles. The third kappa shape index (κ3) is 4.59. The van der Waals surface area contributed by atoms with Crippen molar-refractivity contribution in [3.8, 4) is 33.4 Å². The van der Waals surface area contributed by atoms with Crippen molar-refractivity contribution in [1.82, 2.24) is 0 Å². The minimum Gasteiger partial charge on any atom is -0.310 e. The normalized spacial score (nSPS) is 13.0. The summed E-state index contributed by atoms with van der Waals surface area (Å²) in [6.07, 6.45) is 0. The van der Waals surface area contributed by atoms with Crippen LogP contribution in [-0.4, -0.2) is 0 Å². The van der Waals surface area contributed by atoms with Crippen LogP contribution in [0.25, 0.3) is 33.4 Å². The monoisotopic (exact) mass is 591 g/mol. The number of nitrogens with zero attached hydrogens (tertiary/aromatic N) is 1. The van der Waals surface area contributed by atoms with Crippen LogP contribution >= 0.6 is 15.9 Å². The Bertz CT molecular complexity index is 1850. The zero-order valence-corrected chi connectivity index (χ0v) is 24.8. The van der Waals surface area contributed by atoms with Crippen molar-refractivity contribution in [3.63, 3.8) is 0 Å². The van der Waals surface area contributed by atoms with E-state index < -0.39 is 0 Å². The second-order valence-corrected chi connectivity index (χ2v) is 12.1. The van der Waals surface area contributed by atoms with Crippen LogP contribution in [0.5, 0.6) is 0 Å². The first-order valence-corrected chi connectivity index (χ1v) is 14.8. The molecule has 0 N–H and O–H groups in total. The summed E-state index contributed by atoms with van der Waals surface area (Å²) in [6.45, 7) is 4.68. The van der Waals surface area contributed by atoms with E-state index in [4.69, 9.17) is 0 Å². The summed E-state index contributed by atoms with van der Waals surface area (Å²) in [5, 5.41) is 0. The number of fused-ring (bicyclic) bond motifs is 3. The fourth-order valence-electron chi connectivity index (χ4n) is 6.18. The predicted molar refractivity (Wildman–Crippen MR) is 177 cm³/mol. The van der Waals surface area contributed by atoms with Gasteiger partial charge in [0, 0.05) is 26.9 Å². The van der Waals surface area contributed by atoms with E-state index in [1.807, 2.05) is 0 Å². The molecule has 0 heterocycles. The molecular weight excluding hydrogens is 562 g/mol. The first-order chi connectivity index (χ1) is 20.0. The van der Waals surface area contributed by atoms with Gasteiger partial charge in [0.15, 0.2) is 0 Å². The molecule has 0 atom stereocenters. The van der Waals surface area contributed by atoms with Gasteiger partial charge in [0.1, 0.15) is 0 Å². The number of hydrogen-bond donors (Lipinski definition) is 0. The number of benzene rings is 6. The Labute approximate surface area is 250 Å². The molecule has 198 valence electrons. The lowest BCUT2D eigenvalue weighted by atomic mass is 9.82. The van der Waals surface area contributed by atoms with Gasteiger partial charge >= 0.3 is 0 Å². The third-order valence-corrected chi connectivity index (χ3v) is 8.87.